The second-order valence-electron chi connectivity index (χ2n) is 9.78. The second kappa shape index (κ2) is 16.1. The third-order valence-electron chi connectivity index (χ3n) is 6.63. The summed E-state index contributed by atoms with van der Waals surface area (Å²) in [4.78, 5) is 24.6. The average Bonchev–Trinajstić information content (AvgIpc) is 3.23. The minimum atomic E-state index is -0.677. The number of aromatic hydroxyl groups is 1. The van der Waals surface area contributed by atoms with Crippen LogP contribution in [-0.4, -0.2) is 65.0 Å². The molecule has 0 radical (unpaired) electrons. The Hall–Kier alpha value is -2.98. The monoisotopic (exact) mass is 527 g/mol. The highest BCUT2D eigenvalue weighted by Gasteiger charge is 2.26. The van der Waals surface area contributed by atoms with Gasteiger partial charge in [0.1, 0.15) is 12.3 Å². The molecule has 0 spiro atoms. The van der Waals surface area contributed by atoms with Crippen LogP contribution in [0.2, 0.25) is 0 Å². The fourth-order valence-corrected chi connectivity index (χ4v) is 4.45. The number of phenols is 1. The Morgan fingerprint density at radius 3 is 2.50 bits per heavy atom. The molecule has 1 atom stereocenters. The van der Waals surface area contributed by atoms with Crippen LogP contribution in [0.15, 0.2) is 42.5 Å². The Labute approximate surface area is 224 Å². The number of ether oxygens (including phenoxy) is 1. The van der Waals surface area contributed by atoms with Crippen LogP contribution in [0.25, 0.3) is 0 Å². The van der Waals surface area contributed by atoms with E-state index in [1.54, 1.807) is 12.1 Å². The van der Waals surface area contributed by atoms with Gasteiger partial charge in [-0.25, -0.2) is 4.79 Å². The molecule has 1 saturated heterocycles. The van der Waals surface area contributed by atoms with Crippen LogP contribution in [0.3, 0.4) is 0 Å². The number of rotatable bonds is 18. The van der Waals surface area contributed by atoms with E-state index in [-0.39, 0.29) is 30.8 Å². The van der Waals surface area contributed by atoms with Gasteiger partial charge in [-0.1, -0.05) is 43.2 Å². The first-order chi connectivity index (χ1) is 18.5. The molecule has 38 heavy (non-hydrogen) atoms. The number of nitrogens with zero attached hydrogens (tertiary/aromatic N) is 1. The van der Waals surface area contributed by atoms with Gasteiger partial charge >= 0.3 is 6.03 Å². The Bertz CT molecular complexity index is 1030. The Morgan fingerprint density at radius 2 is 1.74 bits per heavy atom. The molecule has 0 saturated carbocycles. The van der Waals surface area contributed by atoms with Gasteiger partial charge < -0.3 is 30.3 Å². The van der Waals surface area contributed by atoms with Gasteiger partial charge in [0.05, 0.1) is 12.7 Å². The highest BCUT2D eigenvalue weighted by molar-refractivity contribution is 6.01. The molecular weight excluding hydrogens is 486 g/mol. The summed E-state index contributed by atoms with van der Waals surface area (Å²) >= 11 is 0. The maximum atomic E-state index is 11.7. The zero-order chi connectivity index (χ0) is 27.2. The summed E-state index contributed by atoms with van der Waals surface area (Å²) in [5.74, 6) is -0.213. The topological polar surface area (TPSA) is 131 Å². The van der Waals surface area contributed by atoms with Gasteiger partial charge in [0.25, 0.3) is 0 Å². The van der Waals surface area contributed by atoms with Crippen molar-refractivity contribution in [1.82, 2.24) is 15.5 Å². The summed E-state index contributed by atoms with van der Waals surface area (Å²) in [6, 6.07) is 12.6. The quantitative estimate of drug-likeness (QED) is 0.149. The largest absolute Gasteiger partial charge is 0.508 e. The summed E-state index contributed by atoms with van der Waals surface area (Å²) in [7, 11) is 0. The number of aryl methyl sites for hydroxylation is 1. The highest BCUT2D eigenvalue weighted by atomic mass is 16.5. The number of unbranched alkanes of at least 4 members (excludes halogenated alkanes) is 4. The lowest BCUT2D eigenvalue weighted by atomic mass is 10.1. The van der Waals surface area contributed by atoms with E-state index >= 15 is 0 Å². The van der Waals surface area contributed by atoms with Crippen molar-refractivity contribution >= 4 is 11.9 Å². The lowest BCUT2D eigenvalue weighted by Crippen LogP contribution is -2.27. The average molecular weight is 528 g/mol. The number of carbonyl (C=O) groups is 2. The smallest absolute Gasteiger partial charge is 0.324 e. The standard InChI is InChI=1S/C29H41N3O6/c33-21-25-17-24(11-12-26(25)34)27(35)18-30-13-4-1-2-5-14-38-15-6-3-8-22-9-7-10-23(16-22)19-32-20-28(36)31-29(32)37/h7,9-12,16-17,27,30,33-35H,1-6,8,13-15,18-21H2,(H,31,36,37)/t27-/m0/s1. The van der Waals surface area contributed by atoms with Crippen LogP contribution < -0.4 is 10.6 Å². The van der Waals surface area contributed by atoms with E-state index in [1.165, 1.54) is 16.5 Å². The van der Waals surface area contributed by atoms with Gasteiger partial charge in [-0.2, -0.15) is 0 Å². The Balaban J connectivity index is 1.14. The maximum Gasteiger partial charge on any atom is 0.324 e. The molecule has 1 aliphatic heterocycles. The van der Waals surface area contributed by atoms with Gasteiger partial charge in [-0.3, -0.25) is 10.1 Å². The summed E-state index contributed by atoms with van der Waals surface area (Å²) < 4.78 is 5.77. The summed E-state index contributed by atoms with van der Waals surface area (Å²) in [6.07, 6.45) is 6.59. The molecule has 3 amide bonds. The number of hydrogen-bond acceptors (Lipinski definition) is 7. The molecule has 5 N–H and O–H groups in total. The number of hydrogen-bond donors (Lipinski definition) is 5. The van der Waals surface area contributed by atoms with Crippen molar-refractivity contribution in [1.29, 1.82) is 0 Å². The van der Waals surface area contributed by atoms with Gasteiger partial charge in [-0.15, -0.1) is 0 Å². The molecular formula is C29H41N3O6. The molecule has 0 aromatic heterocycles. The Kier molecular flexibility index (Phi) is 12.5. The molecule has 1 fully saturated rings. The number of carbonyl (C=O) groups excluding carboxylic acids is 2. The normalized spacial score (nSPS) is 14.2. The van der Waals surface area contributed by atoms with E-state index < -0.39 is 6.10 Å². The summed E-state index contributed by atoms with van der Waals surface area (Å²) in [5.41, 5.74) is 3.35. The molecule has 9 nitrogen and oxygen atoms in total. The van der Waals surface area contributed by atoms with Crippen molar-refractivity contribution < 1.29 is 29.6 Å². The number of nitrogens with one attached hydrogen (secondary N) is 2. The van der Waals surface area contributed by atoms with Gasteiger partial charge in [0.2, 0.25) is 5.91 Å². The van der Waals surface area contributed by atoms with Crippen molar-refractivity contribution in [3.63, 3.8) is 0 Å². The first kappa shape index (κ1) is 29.6. The zero-order valence-corrected chi connectivity index (χ0v) is 22.0. The van der Waals surface area contributed by atoms with E-state index in [0.717, 1.165) is 70.3 Å². The van der Waals surface area contributed by atoms with Crippen LogP contribution in [0.4, 0.5) is 4.79 Å². The van der Waals surface area contributed by atoms with E-state index in [4.69, 9.17) is 4.74 Å². The van der Waals surface area contributed by atoms with Gasteiger partial charge in [0.15, 0.2) is 0 Å². The van der Waals surface area contributed by atoms with Crippen LogP contribution >= 0.6 is 0 Å². The van der Waals surface area contributed by atoms with Gasteiger partial charge in [0, 0.05) is 31.9 Å². The summed E-state index contributed by atoms with van der Waals surface area (Å²) in [5, 5.41) is 34.7. The molecule has 3 rings (SSSR count). The zero-order valence-electron chi connectivity index (χ0n) is 22.0. The van der Waals surface area contributed by atoms with Crippen LogP contribution in [0.5, 0.6) is 5.75 Å². The highest BCUT2D eigenvalue weighted by Crippen LogP contribution is 2.22. The molecule has 2 aromatic carbocycles. The third-order valence-corrected chi connectivity index (χ3v) is 6.63. The molecule has 2 aromatic rings. The number of aliphatic hydroxyl groups excluding tert-OH is 2. The molecule has 0 aliphatic carbocycles. The third kappa shape index (κ3) is 10.1. The van der Waals surface area contributed by atoms with E-state index in [9.17, 15) is 24.9 Å². The molecule has 0 bridgehead atoms. The first-order valence-corrected chi connectivity index (χ1v) is 13.5. The Morgan fingerprint density at radius 1 is 0.974 bits per heavy atom. The van der Waals surface area contributed by atoms with Crippen molar-refractivity contribution in [2.24, 2.45) is 0 Å². The molecule has 1 aliphatic rings. The molecule has 9 heteroatoms. The number of aliphatic hydroxyl groups is 2. The SMILES string of the molecule is O=C1CN(Cc2cccc(CCCCOCCCCCCNC[C@H](O)c3ccc(O)c(CO)c3)c2)C(=O)N1. The number of imide groups is 1. The van der Waals surface area contributed by atoms with Crippen molar-refractivity contribution in [2.75, 3.05) is 32.8 Å². The lowest BCUT2D eigenvalue weighted by Gasteiger charge is -2.14. The van der Waals surface area contributed by atoms with E-state index in [1.807, 2.05) is 12.1 Å². The predicted molar refractivity (Wildman–Crippen MR) is 144 cm³/mol. The number of benzene rings is 2. The van der Waals surface area contributed by atoms with Crippen molar-refractivity contribution in [2.45, 2.75) is 64.2 Å². The van der Waals surface area contributed by atoms with Crippen LogP contribution in [0, 0.1) is 0 Å². The number of urea groups is 1. The minimum absolute atomic E-state index is 0.0363. The fraction of sp³-hybridized carbons (Fsp3) is 0.517. The maximum absolute atomic E-state index is 11.7. The summed E-state index contributed by atoms with van der Waals surface area (Å²) in [6.45, 7) is 3.09. The predicted octanol–water partition coefficient (Wildman–Crippen LogP) is 3.16. The van der Waals surface area contributed by atoms with Crippen molar-refractivity contribution in [3.8, 4) is 5.75 Å². The first-order valence-electron chi connectivity index (χ1n) is 13.5. The molecule has 208 valence electrons. The van der Waals surface area contributed by atoms with Crippen molar-refractivity contribution in [3.05, 3.63) is 64.7 Å². The van der Waals surface area contributed by atoms with E-state index in [0.29, 0.717) is 24.2 Å². The van der Waals surface area contributed by atoms with Crippen LogP contribution in [0.1, 0.15) is 66.9 Å². The fourth-order valence-electron chi connectivity index (χ4n) is 4.45. The van der Waals surface area contributed by atoms with Gasteiger partial charge in [-0.05, 0) is 67.5 Å². The molecule has 1 heterocycles. The second-order valence-corrected chi connectivity index (χ2v) is 9.78. The minimum Gasteiger partial charge on any atom is -0.508 e. The lowest BCUT2D eigenvalue weighted by molar-refractivity contribution is -0.118. The van der Waals surface area contributed by atoms with Crippen LogP contribution in [-0.2, 0) is 29.1 Å². The van der Waals surface area contributed by atoms with E-state index in [2.05, 4.69) is 22.8 Å². The number of amides is 3. The molecule has 0 unspecified atom stereocenters.